The number of benzene rings is 2. The molecule has 5 nitrogen and oxygen atoms in total. The Morgan fingerprint density at radius 1 is 0.952 bits per heavy atom. The Labute approximate surface area is 123 Å². The quantitative estimate of drug-likeness (QED) is 0.755. The van der Waals surface area contributed by atoms with Crippen molar-refractivity contribution in [2.45, 2.75) is 6.92 Å². The van der Waals surface area contributed by atoms with E-state index in [-0.39, 0.29) is 11.8 Å². The summed E-state index contributed by atoms with van der Waals surface area (Å²) in [6, 6.07) is 11.8. The van der Waals surface area contributed by atoms with Gasteiger partial charge < -0.3 is 16.4 Å². The average Bonchev–Trinajstić information content (AvgIpc) is 2.49. The van der Waals surface area contributed by atoms with Crippen LogP contribution in [0.25, 0.3) is 0 Å². The number of hydrogen-bond acceptors (Lipinski definition) is 3. The van der Waals surface area contributed by atoms with Crippen molar-refractivity contribution in [2.75, 3.05) is 18.1 Å². The average molecular weight is 283 g/mol. The first kappa shape index (κ1) is 14.6. The molecule has 0 heterocycles. The van der Waals surface area contributed by atoms with Gasteiger partial charge >= 0.3 is 0 Å². The number of amides is 2. The van der Waals surface area contributed by atoms with Gasteiger partial charge in [-0.15, -0.1) is 0 Å². The summed E-state index contributed by atoms with van der Waals surface area (Å²) >= 11 is 0. The van der Waals surface area contributed by atoms with Gasteiger partial charge in [-0.1, -0.05) is 6.07 Å². The molecule has 0 radical (unpaired) electrons. The van der Waals surface area contributed by atoms with Crippen molar-refractivity contribution >= 4 is 23.2 Å². The van der Waals surface area contributed by atoms with E-state index in [2.05, 4.69) is 10.6 Å². The normalized spacial score (nSPS) is 10.0. The predicted octanol–water partition coefficient (Wildman–Crippen LogP) is 2.19. The van der Waals surface area contributed by atoms with Crippen LogP contribution >= 0.6 is 0 Å². The topological polar surface area (TPSA) is 84.2 Å². The van der Waals surface area contributed by atoms with E-state index in [4.69, 9.17) is 5.73 Å². The van der Waals surface area contributed by atoms with Crippen LogP contribution in [0.2, 0.25) is 0 Å². The van der Waals surface area contributed by atoms with E-state index < -0.39 is 0 Å². The van der Waals surface area contributed by atoms with Gasteiger partial charge in [0, 0.05) is 29.5 Å². The van der Waals surface area contributed by atoms with Crippen molar-refractivity contribution in [3.05, 3.63) is 59.2 Å². The van der Waals surface area contributed by atoms with E-state index in [0.29, 0.717) is 22.5 Å². The van der Waals surface area contributed by atoms with Gasteiger partial charge in [0.2, 0.25) is 0 Å². The number of nitrogen functional groups attached to an aromatic ring is 1. The summed E-state index contributed by atoms with van der Waals surface area (Å²) in [5, 5.41) is 5.36. The molecule has 0 aliphatic rings. The monoisotopic (exact) mass is 283 g/mol. The highest BCUT2D eigenvalue weighted by Gasteiger charge is 2.10. The molecule has 2 amide bonds. The maximum atomic E-state index is 12.2. The third kappa shape index (κ3) is 3.39. The summed E-state index contributed by atoms with van der Waals surface area (Å²) in [7, 11) is 1.56. The molecule has 0 fully saturated rings. The molecule has 0 saturated carbocycles. The minimum absolute atomic E-state index is 0.196. The number of rotatable bonds is 3. The highest BCUT2D eigenvalue weighted by atomic mass is 16.2. The number of anilines is 2. The summed E-state index contributed by atoms with van der Waals surface area (Å²) in [4.78, 5) is 23.8. The summed E-state index contributed by atoms with van der Waals surface area (Å²) in [5.74, 6) is -0.440. The van der Waals surface area contributed by atoms with Crippen LogP contribution in [0, 0.1) is 6.92 Å². The molecule has 2 rings (SSSR count). The Bertz CT molecular complexity index is 678. The van der Waals surface area contributed by atoms with Crippen LogP contribution < -0.4 is 16.4 Å². The van der Waals surface area contributed by atoms with Crippen molar-refractivity contribution in [3.8, 4) is 0 Å². The SMILES string of the molecule is CNC(=O)c1ccc(C)c(NC(=O)c2ccc(N)cc2)c1. The Kier molecular flexibility index (Phi) is 4.23. The van der Waals surface area contributed by atoms with Gasteiger partial charge in [-0.3, -0.25) is 9.59 Å². The van der Waals surface area contributed by atoms with Crippen LogP contribution in [0.3, 0.4) is 0 Å². The van der Waals surface area contributed by atoms with Crippen molar-refractivity contribution < 1.29 is 9.59 Å². The zero-order valence-corrected chi connectivity index (χ0v) is 11.9. The molecule has 21 heavy (non-hydrogen) atoms. The number of carbonyl (C=O) groups excluding carboxylic acids is 2. The smallest absolute Gasteiger partial charge is 0.255 e. The lowest BCUT2D eigenvalue weighted by molar-refractivity contribution is 0.0961. The van der Waals surface area contributed by atoms with Gasteiger partial charge in [-0.25, -0.2) is 0 Å². The van der Waals surface area contributed by atoms with Crippen LogP contribution in [-0.4, -0.2) is 18.9 Å². The zero-order valence-electron chi connectivity index (χ0n) is 11.9. The summed E-state index contributed by atoms with van der Waals surface area (Å²) in [6.45, 7) is 1.87. The maximum absolute atomic E-state index is 12.2. The lowest BCUT2D eigenvalue weighted by Crippen LogP contribution is -2.19. The second-order valence-corrected chi connectivity index (χ2v) is 4.68. The molecule has 4 N–H and O–H groups in total. The van der Waals surface area contributed by atoms with E-state index in [0.717, 1.165) is 5.56 Å². The second-order valence-electron chi connectivity index (χ2n) is 4.68. The number of nitrogens with one attached hydrogen (secondary N) is 2. The minimum Gasteiger partial charge on any atom is -0.399 e. The number of nitrogens with two attached hydrogens (primary N) is 1. The predicted molar refractivity (Wildman–Crippen MR) is 83.4 cm³/mol. The Morgan fingerprint density at radius 2 is 1.57 bits per heavy atom. The minimum atomic E-state index is -0.243. The first-order valence-electron chi connectivity index (χ1n) is 6.51. The second kappa shape index (κ2) is 6.09. The van der Waals surface area contributed by atoms with Crippen molar-refractivity contribution in [2.24, 2.45) is 0 Å². The van der Waals surface area contributed by atoms with E-state index in [1.54, 1.807) is 49.5 Å². The summed E-state index contributed by atoms with van der Waals surface area (Å²) in [6.07, 6.45) is 0. The molecular weight excluding hydrogens is 266 g/mol. The van der Waals surface area contributed by atoms with E-state index >= 15 is 0 Å². The largest absolute Gasteiger partial charge is 0.399 e. The van der Waals surface area contributed by atoms with Crippen LogP contribution in [0.15, 0.2) is 42.5 Å². The van der Waals surface area contributed by atoms with E-state index in [1.165, 1.54) is 0 Å². The van der Waals surface area contributed by atoms with Gasteiger partial charge in [0.05, 0.1) is 0 Å². The van der Waals surface area contributed by atoms with Crippen molar-refractivity contribution in [1.82, 2.24) is 5.32 Å². The van der Waals surface area contributed by atoms with E-state index in [1.807, 2.05) is 6.92 Å². The molecule has 0 unspecified atom stereocenters. The van der Waals surface area contributed by atoms with Gasteiger partial charge in [0.15, 0.2) is 0 Å². The fraction of sp³-hybridized carbons (Fsp3) is 0.125. The lowest BCUT2D eigenvalue weighted by atomic mass is 10.1. The van der Waals surface area contributed by atoms with Gasteiger partial charge in [-0.05, 0) is 48.9 Å². The molecule has 108 valence electrons. The molecule has 0 bridgehead atoms. The molecule has 2 aromatic carbocycles. The van der Waals surface area contributed by atoms with Crippen LogP contribution in [0.4, 0.5) is 11.4 Å². The molecule has 0 spiro atoms. The van der Waals surface area contributed by atoms with Gasteiger partial charge in [0.1, 0.15) is 0 Å². The van der Waals surface area contributed by atoms with Crippen molar-refractivity contribution in [3.63, 3.8) is 0 Å². The van der Waals surface area contributed by atoms with E-state index in [9.17, 15) is 9.59 Å². The summed E-state index contributed by atoms with van der Waals surface area (Å²) < 4.78 is 0. The molecule has 0 aliphatic carbocycles. The third-order valence-electron chi connectivity index (χ3n) is 3.15. The lowest BCUT2D eigenvalue weighted by Gasteiger charge is -2.10. The molecule has 0 aromatic heterocycles. The fourth-order valence-electron chi connectivity index (χ4n) is 1.87. The number of aryl methyl sites for hydroxylation is 1. The molecule has 5 heteroatoms. The first-order valence-corrected chi connectivity index (χ1v) is 6.51. The van der Waals surface area contributed by atoms with Crippen LogP contribution in [-0.2, 0) is 0 Å². The Morgan fingerprint density at radius 3 is 2.19 bits per heavy atom. The third-order valence-corrected chi connectivity index (χ3v) is 3.15. The first-order chi connectivity index (χ1) is 10.0. The number of hydrogen-bond donors (Lipinski definition) is 3. The number of carbonyl (C=O) groups is 2. The van der Waals surface area contributed by atoms with Crippen LogP contribution in [0.5, 0.6) is 0 Å². The van der Waals surface area contributed by atoms with Gasteiger partial charge in [0.25, 0.3) is 11.8 Å². The fourth-order valence-corrected chi connectivity index (χ4v) is 1.87. The van der Waals surface area contributed by atoms with Gasteiger partial charge in [-0.2, -0.15) is 0 Å². The Balaban J connectivity index is 2.24. The molecule has 0 aliphatic heterocycles. The summed E-state index contributed by atoms with van der Waals surface area (Å²) in [5.41, 5.74) is 8.69. The highest BCUT2D eigenvalue weighted by Crippen LogP contribution is 2.18. The van der Waals surface area contributed by atoms with Crippen molar-refractivity contribution in [1.29, 1.82) is 0 Å². The maximum Gasteiger partial charge on any atom is 0.255 e. The standard InChI is InChI=1S/C16H17N3O2/c1-10-3-4-12(15(20)18-2)9-14(10)19-16(21)11-5-7-13(17)8-6-11/h3-9H,17H2,1-2H3,(H,18,20)(H,19,21). The Hall–Kier alpha value is -2.82. The zero-order chi connectivity index (χ0) is 15.4. The molecule has 2 aromatic rings. The van der Waals surface area contributed by atoms with Crippen LogP contribution in [0.1, 0.15) is 26.3 Å². The highest BCUT2D eigenvalue weighted by molar-refractivity contribution is 6.05. The molecule has 0 atom stereocenters. The molecule has 0 saturated heterocycles. The molecular formula is C16H17N3O2.